The van der Waals surface area contributed by atoms with Crippen molar-refractivity contribution in [2.45, 2.75) is 0 Å². The smallest absolute Gasteiger partial charge is 0.343 e. The molecule has 0 heterocycles. The van der Waals surface area contributed by atoms with Gasteiger partial charge in [0.1, 0.15) is 5.75 Å². The molecular weight excluding hydrogens is 244 g/mol. The molecule has 0 N–H and O–H groups in total. The van der Waals surface area contributed by atoms with Crippen LogP contribution in [-0.4, -0.2) is 18.0 Å². The van der Waals surface area contributed by atoms with Gasteiger partial charge in [0, 0.05) is 0 Å². The van der Waals surface area contributed by atoms with Gasteiger partial charge >= 0.3 is 5.97 Å². The second-order valence-corrected chi connectivity index (χ2v) is 3.73. The summed E-state index contributed by atoms with van der Waals surface area (Å²) in [6.07, 6.45) is 0.190. The molecule has 4 heteroatoms. The van der Waals surface area contributed by atoms with E-state index in [-0.39, 0.29) is 17.6 Å². The Kier molecular flexibility index (Phi) is 3.83. The molecule has 0 unspecified atom stereocenters. The number of para-hydroxylation sites is 1. The molecule has 0 aliphatic carbocycles. The number of ketones is 1. The maximum atomic E-state index is 11.9. The van der Waals surface area contributed by atoms with Crippen molar-refractivity contribution in [2.24, 2.45) is 0 Å². The number of Topliss-reactive ketones (excluding diaryl/α,β-unsaturated/α-hetero) is 1. The third-order valence-corrected chi connectivity index (χ3v) is 2.47. The Hall–Kier alpha value is -2.75. The van der Waals surface area contributed by atoms with Crippen molar-refractivity contribution in [3.8, 4) is 5.75 Å². The Balaban J connectivity index is 2.27. The minimum Gasteiger partial charge on any atom is -0.422 e. The Morgan fingerprint density at radius 1 is 0.895 bits per heavy atom. The SMILES string of the molecule is O=CC(=O)c1ccccc1OC(=O)c1ccccc1. The molecule has 0 radical (unpaired) electrons. The van der Waals surface area contributed by atoms with E-state index in [4.69, 9.17) is 4.74 Å². The maximum Gasteiger partial charge on any atom is 0.343 e. The zero-order valence-electron chi connectivity index (χ0n) is 9.91. The van der Waals surface area contributed by atoms with E-state index in [1.807, 2.05) is 0 Å². The van der Waals surface area contributed by atoms with Crippen LogP contribution in [0, 0.1) is 0 Å². The lowest BCUT2D eigenvalue weighted by molar-refractivity contribution is -0.104. The van der Waals surface area contributed by atoms with Gasteiger partial charge in [0.05, 0.1) is 11.1 Å². The summed E-state index contributed by atoms with van der Waals surface area (Å²) in [6.45, 7) is 0. The molecule has 19 heavy (non-hydrogen) atoms. The van der Waals surface area contributed by atoms with Gasteiger partial charge < -0.3 is 4.74 Å². The zero-order chi connectivity index (χ0) is 13.7. The topological polar surface area (TPSA) is 60.4 Å². The molecule has 0 aromatic heterocycles. The fourth-order valence-electron chi connectivity index (χ4n) is 1.56. The lowest BCUT2D eigenvalue weighted by atomic mass is 10.1. The molecule has 2 aromatic carbocycles. The van der Waals surface area contributed by atoms with Crippen molar-refractivity contribution >= 4 is 18.0 Å². The van der Waals surface area contributed by atoms with Crippen molar-refractivity contribution in [3.63, 3.8) is 0 Å². The number of ether oxygens (including phenoxy) is 1. The summed E-state index contributed by atoms with van der Waals surface area (Å²) in [5.41, 5.74) is 0.442. The van der Waals surface area contributed by atoms with Gasteiger partial charge in [0.15, 0.2) is 6.29 Å². The molecule has 4 nitrogen and oxygen atoms in total. The molecular formula is C15H10O4. The van der Waals surface area contributed by atoms with Gasteiger partial charge in [0.2, 0.25) is 5.78 Å². The summed E-state index contributed by atoms with van der Waals surface area (Å²) in [5, 5.41) is 0. The van der Waals surface area contributed by atoms with Gasteiger partial charge in [-0.2, -0.15) is 0 Å². The first-order valence-electron chi connectivity index (χ1n) is 5.58. The molecule has 0 saturated carbocycles. The van der Waals surface area contributed by atoms with Crippen molar-refractivity contribution in [1.82, 2.24) is 0 Å². The van der Waals surface area contributed by atoms with Gasteiger partial charge in [-0.25, -0.2) is 4.79 Å². The monoisotopic (exact) mass is 254 g/mol. The molecule has 2 aromatic rings. The van der Waals surface area contributed by atoms with Crippen LogP contribution in [0.3, 0.4) is 0 Å². The standard InChI is InChI=1S/C15H10O4/c16-10-13(17)12-8-4-5-9-14(12)19-15(18)11-6-2-1-3-7-11/h1-10H. The Labute approximate surface area is 109 Å². The number of rotatable bonds is 4. The number of carbonyl (C=O) groups excluding carboxylic acids is 3. The van der Waals surface area contributed by atoms with Crippen molar-refractivity contribution < 1.29 is 19.1 Å². The zero-order valence-corrected chi connectivity index (χ0v) is 9.91. The number of aldehydes is 1. The van der Waals surface area contributed by atoms with Gasteiger partial charge in [-0.1, -0.05) is 30.3 Å². The highest BCUT2D eigenvalue weighted by Crippen LogP contribution is 2.19. The van der Waals surface area contributed by atoms with E-state index in [9.17, 15) is 14.4 Å². The minimum absolute atomic E-state index is 0.0711. The Bertz CT molecular complexity index is 617. The van der Waals surface area contributed by atoms with Crippen LogP contribution in [0.2, 0.25) is 0 Å². The molecule has 0 bridgehead atoms. The first kappa shape index (κ1) is 12.7. The highest BCUT2D eigenvalue weighted by atomic mass is 16.5. The van der Waals surface area contributed by atoms with Gasteiger partial charge in [-0.05, 0) is 24.3 Å². The Morgan fingerprint density at radius 2 is 1.53 bits per heavy atom. The van der Waals surface area contributed by atoms with E-state index in [0.29, 0.717) is 5.56 Å². The molecule has 0 saturated heterocycles. The van der Waals surface area contributed by atoms with Crippen LogP contribution in [-0.2, 0) is 4.79 Å². The minimum atomic E-state index is -0.725. The lowest BCUT2D eigenvalue weighted by Crippen LogP contribution is -2.11. The number of benzene rings is 2. The van der Waals surface area contributed by atoms with E-state index in [0.717, 1.165) is 0 Å². The highest BCUT2D eigenvalue weighted by molar-refractivity contribution is 6.34. The summed E-state index contributed by atoms with van der Waals surface area (Å²) in [7, 11) is 0. The first-order valence-corrected chi connectivity index (χ1v) is 5.58. The quantitative estimate of drug-likeness (QED) is 0.276. The summed E-state index contributed by atoms with van der Waals surface area (Å²) < 4.78 is 5.14. The largest absolute Gasteiger partial charge is 0.422 e. The van der Waals surface area contributed by atoms with Crippen molar-refractivity contribution in [2.75, 3.05) is 0 Å². The third kappa shape index (κ3) is 2.93. The fourth-order valence-corrected chi connectivity index (χ4v) is 1.56. The molecule has 94 valence electrons. The van der Waals surface area contributed by atoms with Crippen molar-refractivity contribution in [1.29, 1.82) is 0 Å². The normalized spacial score (nSPS) is 9.68. The molecule has 0 aliphatic heterocycles. The number of hydrogen-bond donors (Lipinski definition) is 0. The summed E-state index contributed by atoms with van der Waals surface area (Å²) in [5.74, 6) is -1.23. The van der Waals surface area contributed by atoms with Crippen LogP contribution in [0.25, 0.3) is 0 Å². The first-order chi connectivity index (χ1) is 9.22. The van der Waals surface area contributed by atoms with Crippen LogP contribution in [0.15, 0.2) is 54.6 Å². The van der Waals surface area contributed by atoms with Gasteiger partial charge in [-0.3, -0.25) is 9.59 Å². The molecule has 0 amide bonds. The van der Waals surface area contributed by atoms with E-state index in [1.54, 1.807) is 42.5 Å². The maximum absolute atomic E-state index is 11.9. The van der Waals surface area contributed by atoms with Gasteiger partial charge in [0.25, 0.3) is 0 Å². The number of esters is 1. The number of hydrogen-bond acceptors (Lipinski definition) is 4. The Morgan fingerprint density at radius 3 is 2.21 bits per heavy atom. The predicted molar refractivity (Wildman–Crippen MR) is 68.2 cm³/mol. The molecule has 0 fully saturated rings. The van der Waals surface area contributed by atoms with Crippen LogP contribution in [0.1, 0.15) is 20.7 Å². The third-order valence-electron chi connectivity index (χ3n) is 2.47. The summed E-state index contributed by atoms with van der Waals surface area (Å²) in [6, 6.07) is 14.5. The highest BCUT2D eigenvalue weighted by Gasteiger charge is 2.15. The number of carbonyl (C=O) groups is 3. The molecule has 0 atom stereocenters. The fraction of sp³-hybridized carbons (Fsp3) is 0. The lowest BCUT2D eigenvalue weighted by Gasteiger charge is -2.07. The van der Waals surface area contributed by atoms with Crippen LogP contribution < -0.4 is 4.74 Å². The van der Waals surface area contributed by atoms with Crippen LogP contribution in [0.5, 0.6) is 5.75 Å². The summed E-state index contributed by atoms with van der Waals surface area (Å²) in [4.78, 5) is 33.8. The van der Waals surface area contributed by atoms with E-state index in [1.165, 1.54) is 12.1 Å². The molecule has 0 aliphatic rings. The second kappa shape index (κ2) is 5.73. The van der Waals surface area contributed by atoms with Crippen LogP contribution >= 0.6 is 0 Å². The molecule has 0 spiro atoms. The van der Waals surface area contributed by atoms with Crippen molar-refractivity contribution in [3.05, 3.63) is 65.7 Å². The van der Waals surface area contributed by atoms with Gasteiger partial charge in [-0.15, -0.1) is 0 Å². The van der Waals surface area contributed by atoms with Crippen LogP contribution in [0.4, 0.5) is 0 Å². The average molecular weight is 254 g/mol. The second-order valence-electron chi connectivity index (χ2n) is 3.73. The van der Waals surface area contributed by atoms with E-state index in [2.05, 4.69) is 0 Å². The van der Waals surface area contributed by atoms with E-state index >= 15 is 0 Å². The van der Waals surface area contributed by atoms with E-state index < -0.39 is 11.8 Å². The average Bonchev–Trinajstić information content (AvgIpc) is 2.48. The summed E-state index contributed by atoms with van der Waals surface area (Å²) >= 11 is 0. The molecule has 2 rings (SSSR count). The predicted octanol–water partition coefficient (Wildman–Crippen LogP) is 2.29.